The van der Waals surface area contributed by atoms with E-state index in [2.05, 4.69) is 4.98 Å². The lowest BCUT2D eigenvalue weighted by Crippen LogP contribution is -2.11. The molecule has 0 saturated carbocycles. The number of imidazole rings is 1. The first kappa shape index (κ1) is 17.7. The van der Waals surface area contributed by atoms with E-state index in [1.165, 1.54) is 23.9 Å². The number of benzene rings is 2. The van der Waals surface area contributed by atoms with Gasteiger partial charge in [-0.25, -0.2) is 4.98 Å². The van der Waals surface area contributed by atoms with E-state index in [4.69, 9.17) is 5.73 Å². The van der Waals surface area contributed by atoms with Crippen molar-refractivity contribution < 1.29 is 9.72 Å². The van der Waals surface area contributed by atoms with Crippen molar-refractivity contribution >= 4 is 23.4 Å². The lowest BCUT2D eigenvalue weighted by atomic mass is 10.1. The lowest BCUT2D eigenvalue weighted by molar-refractivity contribution is -0.385. The number of hydrogen-bond donors (Lipinski definition) is 1. The Bertz CT molecular complexity index is 984. The maximum Gasteiger partial charge on any atom is 0.274 e. The molecule has 0 bridgehead atoms. The van der Waals surface area contributed by atoms with Crippen LogP contribution in [-0.4, -0.2) is 20.4 Å². The van der Waals surface area contributed by atoms with E-state index in [1.807, 2.05) is 42.0 Å². The first-order valence-electron chi connectivity index (χ1n) is 7.76. The van der Waals surface area contributed by atoms with Gasteiger partial charge in [0.2, 0.25) is 5.91 Å². The third-order valence-electron chi connectivity index (χ3n) is 3.91. The zero-order valence-electron chi connectivity index (χ0n) is 14.0. The SMILES string of the molecule is Cc1ccccc1-n1ccnc1SCc1ccc(C(N)=O)cc1[N+](=O)[O-]. The smallest absolute Gasteiger partial charge is 0.274 e. The molecule has 0 atom stereocenters. The number of aromatic nitrogens is 2. The molecule has 0 aliphatic carbocycles. The molecule has 7 nitrogen and oxygen atoms in total. The number of para-hydroxylation sites is 1. The number of primary amides is 1. The van der Waals surface area contributed by atoms with Gasteiger partial charge in [-0.2, -0.15) is 0 Å². The number of hydrogen-bond acceptors (Lipinski definition) is 5. The Morgan fingerprint density at radius 2 is 2.08 bits per heavy atom. The van der Waals surface area contributed by atoms with E-state index in [9.17, 15) is 14.9 Å². The average Bonchev–Trinajstić information content (AvgIpc) is 3.08. The predicted molar refractivity (Wildman–Crippen MR) is 99.5 cm³/mol. The average molecular weight is 368 g/mol. The molecule has 8 heteroatoms. The number of carbonyl (C=O) groups excluding carboxylic acids is 1. The molecule has 1 aromatic heterocycles. The molecule has 0 aliphatic heterocycles. The van der Waals surface area contributed by atoms with Crippen molar-refractivity contribution in [1.82, 2.24) is 9.55 Å². The topological polar surface area (TPSA) is 104 Å². The standard InChI is InChI=1S/C18H16N4O3S/c1-12-4-2-3-5-15(12)21-9-8-20-18(21)26-11-14-7-6-13(17(19)23)10-16(14)22(24)25/h2-10H,11H2,1H3,(H2,19,23). The van der Waals surface area contributed by atoms with Gasteiger partial charge in [0, 0.05) is 35.3 Å². The Morgan fingerprint density at radius 3 is 2.77 bits per heavy atom. The number of nitrogens with zero attached hydrogens (tertiary/aromatic N) is 3. The van der Waals surface area contributed by atoms with Crippen LogP contribution in [-0.2, 0) is 5.75 Å². The molecular formula is C18H16N4O3S. The number of rotatable bonds is 6. The number of nitrogens with two attached hydrogens (primary N) is 1. The molecule has 2 N–H and O–H groups in total. The third-order valence-corrected chi connectivity index (χ3v) is 4.92. The van der Waals surface area contributed by atoms with Gasteiger partial charge in [0.25, 0.3) is 5.69 Å². The van der Waals surface area contributed by atoms with E-state index in [0.29, 0.717) is 11.3 Å². The largest absolute Gasteiger partial charge is 0.366 e. The Balaban J connectivity index is 1.87. The highest BCUT2D eigenvalue weighted by Crippen LogP contribution is 2.29. The quantitative estimate of drug-likeness (QED) is 0.407. The molecule has 0 fully saturated rings. The molecule has 132 valence electrons. The second kappa shape index (κ2) is 7.40. The van der Waals surface area contributed by atoms with Gasteiger partial charge in [-0.1, -0.05) is 36.0 Å². The molecular weight excluding hydrogens is 352 g/mol. The monoisotopic (exact) mass is 368 g/mol. The summed E-state index contributed by atoms with van der Waals surface area (Å²) in [6.07, 6.45) is 3.55. The van der Waals surface area contributed by atoms with Crippen LogP contribution in [0.5, 0.6) is 0 Å². The molecule has 26 heavy (non-hydrogen) atoms. The van der Waals surface area contributed by atoms with Crippen molar-refractivity contribution in [3.8, 4) is 5.69 Å². The summed E-state index contributed by atoms with van der Waals surface area (Å²) in [5.74, 6) is -0.347. The summed E-state index contributed by atoms with van der Waals surface area (Å²) >= 11 is 1.39. The van der Waals surface area contributed by atoms with E-state index in [0.717, 1.165) is 16.4 Å². The van der Waals surface area contributed by atoms with Crippen LogP contribution < -0.4 is 5.73 Å². The molecule has 0 unspecified atom stereocenters. The van der Waals surface area contributed by atoms with E-state index in [-0.39, 0.29) is 11.3 Å². The number of thioether (sulfide) groups is 1. The Kier molecular flexibility index (Phi) is 5.04. The normalized spacial score (nSPS) is 10.7. The summed E-state index contributed by atoms with van der Waals surface area (Å²) in [7, 11) is 0. The second-order valence-electron chi connectivity index (χ2n) is 5.62. The highest BCUT2D eigenvalue weighted by Gasteiger charge is 2.18. The molecule has 2 aromatic carbocycles. The Hall–Kier alpha value is -3.13. The van der Waals surface area contributed by atoms with Crippen LogP contribution in [0.4, 0.5) is 5.69 Å². The van der Waals surface area contributed by atoms with E-state index >= 15 is 0 Å². The third kappa shape index (κ3) is 3.60. The van der Waals surface area contributed by atoms with Gasteiger partial charge in [0.05, 0.1) is 10.6 Å². The van der Waals surface area contributed by atoms with Crippen molar-refractivity contribution in [1.29, 1.82) is 0 Å². The molecule has 1 heterocycles. The van der Waals surface area contributed by atoms with Gasteiger partial charge >= 0.3 is 0 Å². The molecule has 0 aliphatic rings. The number of carbonyl (C=O) groups is 1. The summed E-state index contributed by atoms with van der Waals surface area (Å²) in [5, 5.41) is 12.0. The number of aryl methyl sites for hydroxylation is 1. The number of amides is 1. The van der Waals surface area contributed by atoms with Gasteiger partial charge in [-0.05, 0) is 24.6 Å². The van der Waals surface area contributed by atoms with Crippen molar-refractivity contribution in [3.05, 3.63) is 81.7 Å². The van der Waals surface area contributed by atoms with Gasteiger partial charge in [-0.3, -0.25) is 19.5 Å². The number of nitro benzene ring substituents is 1. The van der Waals surface area contributed by atoms with E-state index in [1.54, 1.807) is 12.3 Å². The lowest BCUT2D eigenvalue weighted by Gasteiger charge is -2.10. The van der Waals surface area contributed by atoms with Crippen LogP contribution in [0.2, 0.25) is 0 Å². The summed E-state index contributed by atoms with van der Waals surface area (Å²) in [4.78, 5) is 26.4. The second-order valence-corrected chi connectivity index (χ2v) is 6.56. The number of nitro groups is 1. The van der Waals surface area contributed by atoms with Crippen molar-refractivity contribution in [2.24, 2.45) is 5.73 Å². The molecule has 0 radical (unpaired) electrons. The minimum Gasteiger partial charge on any atom is -0.366 e. The summed E-state index contributed by atoms with van der Waals surface area (Å²) in [5.41, 5.74) is 7.81. The molecule has 1 amide bonds. The van der Waals surface area contributed by atoms with Crippen LogP contribution in [0, 0.1) is 17.0 Å². The first-order chi connectivity index (χ1) is 12.5. The van der Waals surface area contributed by atoms with Gasteiger partial charge in [0.1, 0.15) is 0 Å². The Morgan fingerprint density at radius 1 is 1.31 bits per heavy atom. The van der Waals surface area contributed by atoms with E-state index < -0.39 is 10.8 Å². The van der Waals surface area contributed by atoms with Crippen molar-refractivity contribution in [2.75, 3.05) is 0 Å². The molecule has 3 aromatic rings. The summed E-state index contributed by atoms with van der Waals surface area (Å²) in [6.45, 7) is 2.01. The minimum atomic E-state index is -0.692. The van der Waals surface area contributed by atoms with Crippen molar-refractivity contribution in [3.63, 3.8) is 0 Å². The van der Waals surface area contributed by atoms with Gasteiger partial charge in [-0.15, -0.1) is 0 Å². The first-order valence-corrected chi connectivity index (χ1v) is 8.75. The fourth-order valence-corrected chi connectivity index (χ4v) is 3.53. The van der Waals surface area contributed by atoms with Gasteiger partial charge in [0.15, 0.2) is 5.16 Å². The summed E-state index contributed by atoms with van der Waals surface area (Å²) in [6, 6.07) is 12.2. The fraction of sp³-hybridized carbons (Fsp3) is 0.111. The van der Waals surface area contributed by atoms with Crippen LogP contribution in [0.3, 0.4) is 0 Å². The fourth-order valence-electron chi connectivity index (χ4n) is 2.57. The molecule has 0 saturated heterocycles. The van der Waals surface area contributed by atoms with Crippen LogP contribution in [0.1, 0.15) is 21.5 Å². The zero-order chi connectivity index (χ0) is 18.7. The van der Waals surface area contributed by atoms with Crippen LogP contribution in [0.25, 0.3) is 5.69 Å². The zero-order valence-corrected chi connectivity index (χ0v) is 14.8. The maximum absolute atomic E-state index is 11.3. The molecule has 0 spiro atoms. The highest BCUT2D eigenvalue weighted by molar-refractivity contribution is 7.98. The Labute approximate surface area is 154 Å². The van der Waals surface area contributed by atoms with Crippen LogP contribution >= 0.6 is 11.8 Å². The highest BCUT2D eigenvalue weighted by atomic mass is 32.2. The maximum atomic E-state index is 11.3. The van der Waals surface area contributed by atoms with Crippen molar-refractivity contribution in [2.45, 2.75) is 17.8 Å². The van der Waals surface area contributed by atoms with Gasteiger partial charge < -0.3 is 5.73 Å². The minimum absolute atomic E-state index is 0.117. The molecule has 3 rings (SSSR count). The predicted octanol–water partition coefficient (Wildman–Crippen LogP) is 3.48. The van der Waals surface area contributed by atoms with Crippen LogP contribution in [0.15, 0.2) is 60.0 Å². The summed E-state index contributed by atoms with van der Waals surface area (Å²) < 4.78 is 1.95.